The Morgan fingerprint density at radius 1 is 0.975 bits per heavy atom. The number of fused-ring (bicyclic) bond motifs is 1. The van der Waals surface area contributed by atoms with Gasteiger partial charge in [0.1, 0.15) is 11.4 Å². The topological polar surface area (TPSA) is 91.0 Å². The summed E-state index contributed by atoms with van der Waals surface area (Å²) in [6.45, 7) is 1.68. The molecule has 3 unspecified atom stereocenters. The second kappa shape index (κ2) is 11.2. The summed E-state index contributed by atoms with van der Waals surface area (Å²) in [5.41, 5.74) is 3.60. The molecule has 40 heavy (non-hydrogen) atoms. The maximum absolute atomic E-state index is 13.0. The lowest BCUT2D eigenvalue weighted by Crippen LogP contribution is -2.40. The van der Waals surface area contributed by atoms with E-state index in [0.717, 1.165) is 84.6 Å². The van der Waals surface area contributed by atoms with Crippen molar-refractivity contribution in [2.24, 2.45) is 17.8 Å². The smallest absolute Gasteiger partial charge is 0.224 e. The van der Waals surface area contributed by atoms with E-state index in [4.69, 9.17) is 5.26 Å². The van der Waals surface area contributed by atoms with Crippen LogP contribution in [0.25, 0.3) is 16.8 Å². The number of rotatable bonds is 5. The van der Waals surface area contributed by atoms with Gasteiger partial charge in [-0.15, -0.1) is 0 Å². The van der Waals surface area contributed by atoms with E-state index in [1.54, 1.807) is 16.8 Å². The molecule has 2 heterocycles. The third kappa shape index (κ3) is 6.12. The molecule has 4 fully saturated rings. The number of aromatic nitrogens is 2. The first-order valence-corrected chi connectivity index (χ1v) is 15.6. The Bertz CT molecular complexity index is 1420. The van der Waals surface area contributed by atoms with Crippen LogP contribution in [-0.4, -0.2) is 50.0 Å². The van der Waals surface area contributed by atoms with Gasteiger partial charge >= 0.3 is 0 Å². The van der Waals surface area contributed by atoms with Gasteiger partial charge in [0.05, 0.1) is 18.0 Å². The Balaban J connectivity index is 0.000000164. The monoisotopic (exact) mass is 559 g/mol. The molecule has 0 spiro atoms. The lowest BCUT2D eigenvalue weighted by Gasteiger charge is -2.28. The van der Waals surface area contributed by atoms with Gasteiger partial charge in [-0.2, -0.15) is 10.4 Å². The molecule has 3 atom stereocenters. The number of benzene rings is 2. The van der Waals surface area contributed by atoms with Crippen LogP contribution in [0.1, 0.15) is 38.5 Å². The molecule has 1 saturated heterocycles. The highest BCUT2D eigenvalue weighted by atomic mass is 32.2. The van der Waals surface area contributed by atoms with Gasteiger partial charge in [-0.3, -0.25) is 9.00 Å². The largest absolute Gasteiger partial charge is 0.370 e. The maximum atomic E-state index is 13.0. The van der Waals surface area contributed by atoms with E-state index < -0.39 is 16.3 Å². The highest BCUT2D eigenvalue weighted by molar-refractivity contribution is 7.85. The predicted octanol–water partition coefficient (Wildman–Crippen LogP) is 4.84. The molecule has 4 aliphatic rings. The fraction of sp³-hybridized carbons (Fsp3) is 0.452. The molecule has 0 radical (unpaired) electrons. The fourth-order valence-corrected chi connectivity index (χ4v) is 6.84. The summed E-state index contributed by atoms with van der Waals surface area (Å²) in [5.74, 6) is 3.32. The third-order valence-corrected chi connectivity index (χ3v) is 9.93. The second-order valence-corrected chi connectivity index (χ2v) is 13.2. The van der Waals surface area contributed by atoms with Crippen LogP contribution in [0.2, 0.25) is 0 Å². The van der Waals surface area contributed by atoms with Crippen molar-refractivity contribution in [3.8, 4) is 22.9 Å². The number of carbonyl (C=O) groups excluding carboxylic acids is 1. The molecular formula is C31H34FN5O2S. The van der Waals surface area contributed by atoms with Crippen LogP contribution < -0.4 is 10.2 Å². The Labute approximate surface area is 236 Å². The summed E-state index contributed by atoms with van der Waals surface area (Å²) in [6, 6.07) is 16.8. The van der Waals surface area contributed by atoms with E-state index >= 15 is 0 Å². The van der Waals surface area contributed by atoms with Crippen molar-refractivity contribution in [3.05, 3.63) is 66.7 Å². The number of carbonyl (C=O) groups is 1. The van der Waals surface area contributed by atoms with Crippen molar-refractivity contribution in [1.29, 1.82) is 5.26 Å². The number of anilines is 1. The highest BCUT2D eigenvalue weighted by Crippen LogP contribution is 2.51. The van der Waals surface area contributed by atoms with Crippen molar-refractivity contribution in [1.82, 2.24) is 15.1 Å². The number of nitriles is 1. The summed E-state index contributed by atoms with van der Waals surface area (Å²) >= 11 is 0. The normalized spacial score (nSPS) is 24.6. The van der Waals surface area contributed by atoms with Crippen molar-refractivity contribution < 1.29 is 13.4 Å². The Kier molecular flexibility index (Phi) is 7.45. The molecule has 1 aliphatic heterocycles. The average Bonchev–Trinajstić information content (AvgIpc) is 3.89. The van der Waals surface area contributed by atoms with E-state index in [2.05, 4.69) is 45.7 Å². The molecule has 1 aromatic heterocycles. The predicted molar refractivity (Wildman–Crippen MR) is 154 cm³/mol. The SMILES string of the molecule is N#CC1(NC(=O)C2CCC3CC3C2)CC1.O=S1CCN(c2ccc(-c3cnn(-c4ccc(F)cc4)c3)cc2)CC1. The van der Waals surface area contributed by atoms with Crippen molar-refractivity contribution in [2.45, 2.75) is 44.1 Å². The average molecular weight is 560 g/mol. The summed E-state index contributed by atoms with van der Waals surface area (Å²) in [5, 5.41) is 16.2. The minimum Gasteiger partial charge on any atom is -0.370 e. The molecule has 9 heteroatoms. The summed E-state index contributed by atoms with van der Waals surface area (Å²) in [7, 11) is -0.662. The molecule has 2 aromatic carbocycles. The molecular weight excluding hydrogens is 525 g/mol. The molecule has 7 nitrogen and oxygen atoms in total. The van der Waals surface area contributed by atoms with Gasteiger partial charge in [0.15, 0.2) is 0 Å². The zero-order valence-corrected chi connectivity index (χ0v) is 23.3. The van der Waals surface area contributed by atoms with Crippen molar-refractivity contribution >= 4 is 22.4 Å². The van der Waals surface area contributed by atoms with E-state index in [0.29, 0.717) is 0 Å². The quantitative estimate of drug-likeness (QED) is 0.483. The van der Waals surface area contributed by atoms with E-state index in [1.807, 2.05) is 12.4 Å². The van der Waals surface area contributed by atoms with E-state index in [9.17, 15) is 13.4 Å². The first kappa shape index (κ1) is 26.7. The number of nitrogens with one attached hydrogen (secondary N) is 1. The van der Waals surface area contributed by atoms with Crippen LogP contribution >= 0.6 is 0 Å². The van der Waals surface area contributed by atoms with Crippen molar-refractivity contribution in [3.63, 3.8) is 0 Å². The van der Waals surface area contributed by atoms with Crippen LogP contribution in [0.4, 0.5) is 10.1 Å². The van der Waals surface area contributed by atoms with Gasteiger partial charge in [-0.1, -0.05) is 12.1 Å². The summed E-state index contributed by atoms with van der Waals surface area (Å²) < 4.78 is 26.2. The number of hydrogen-bond donors (Lipinski definition) is 1. The Morgan fingerprint density at radius 2 is 1.68 bits per heavy atom. The molecule has 208 valence electrons. The number of amides is 1. The maximum Gasteiger partial charge on any atom is 0.224 e. The highest BCUT2D eigenvalue weighted by Gasteiger charge is 2.48. The molecule has 7 rings (SSSR count). The van der Waals surface area contributed by atoms with Crippen LogP contribution in [0.15, 0.2) is 60.9 Å². The van der Waals surface area contributed by atoms with Gasteiger partial charge in [0.2, 0.25) is 5.91 Å². The third-order valence-electron chi connectivity index (χ3n) is 8.66. The fourth-order valence-electron chi connectivity index (χ4n) is 5.78. The van der Waals surface area contributed by atoms with Crippen LogP contribution in [0, 0.1) is 34.9 Å². The van der Waals surface area contributed by atoms with Crippen LogP contribution in [-0.2, 0) is 15.6 Å². The van der Waals surface area contributed by atoms with Crippen LogP contribution in [0.3, 0.4) is 0 Å². The van der Waals surface area contributed by atoms with Gasteiger partial charge < -0.3 is 10.2 Å². The minimum atomic E-state index is -0.662. The van der Waals surface area contributed by atoms with Crippen molar-refractivity contribution in [2.75, 3.05) is 29.5 Å². The second-order valence-electron chi connectivity index (χ2n) is 11.5. The van der Waals surface area contributed by atoms with Gasteiger partial charge in [0.25, 0.3) is 0 Å². The first-order chi connectivity index (χ1) is 19.4. The molecule has 3 saturated carbocycles. The Morgan fingerprint density at radius 3 is 2.33 bits per heavy atom. The lowest BCUT2D eigenvalue weighted by molar-refractivity contribution is -0.126. The number of hydrogen-bond acceptors (Lipinski definition) is 5. The van der Waals surface area contributed by atoms with Gasteiger partial charge in [-0.25, -0.2) is 9.07 Å². The standard InChI is InChI=1S/C19H18FN3OS.C12H16N2O/c20-17-3-7-19(8-4-17)23-14-16(13-21-23)15-1-5-18(6-2-15)22-9-11-25(24)12-10-22;13-7-12(3-4-12)14-11(15)9-2-1-8-5-10(8)6-9/h1-8,13-14H,9-12H2;8-10H,1-6H2,(H,14,15). The molecule has 3 aliphatic carbocycles. The van der Waals surface area contributed by atoms with Gasteiger partial charge in [0, 0.05) is 58.8 Å². The first-order valence-electron chi connectivity index (χ1n) is 14.2. The van der Waals surface area contributed by atoms with E-state index in [-0.39, 0.29) is 17.6 Å². The van der Waals surface area contributed by atoms with Gasteiger partial charge in [-0.05, 0) is 92.3 Å². The number of nitrogens with zero attached hydrogens (tertiary/aromatic N) is 4. The number of halogens is 1. The lowest BCUT2D eigenvalue weighted by atomic mass is 9.88. The zero-order valence-electron chi connectivity index (χ0n) is 22.5. The zero-order chi connectivity index (χ0) is 27.7. The van der Waals surface area contributed by atoms with E-state index in [1.165, 1.54) is 25.0 Å². The Hall–Kier alpha value is -3.51. The minimum absolute atomic E-state index is 0.138. The summed E-state index contributed by atoms with van der Waals surface area (Å²) in [6.07, 6.45) is 10.1. The van der Waals surface area contributed by atoms with Crippen LogP contribution in [0.5, 0.6) is 0 Å². The molecule has 0 bridgehead atoms. The summed E-state index contributed by atoms with van der Waals surface area (Å²) in [4.78, 5) is 14.2. The molecule has 3 aromatic rings. The molecule has 1 amide bonds. The molecule has 1 N–H and O–H groups in total.